The lowest BCUT2D eigenvalue weighted by atomic mass is 9.95. The first-order valence-electron chi connectivity index (χ1n) is 5.95. The average Bonchev–Trinajstić information content (AvgIpc) is 2.29. The predicted molar refractivity (Wildman–Crippen MR) is 63.9 cm³/mol. The highest BCUT2D eigenvalue weighted by atomic mass is 19.1. The van der Waals surface area contributed by atoms with Gasteiger partial charge in [-0.05, 0) is 31.0 Å². The molecular weight excluding hydrogens is 221 g/mol. The van der Waals surface area contributed by atoms with Gasteiger partial charge in [0.15, 0.2) is 0 Å². The van der Waals surface area contributed by atoms with Gasteiger partial charge >= 0.3 is 5.97 Å². The summed E-state index contributed by atoms with van der Waals surface area (Å²) in [6.45, 7) is 0. The third-order valence-electron chi connectivity index (χ3n) is 3.12. The smallest absolute Gasteiger partial charge is 0.335 e. The first-order valence-corrected chi connectivity index (χ1v) is 5.95. The van der Waals surface area contributed by atoms with Gasteiger partial charge < -0.3 is 10.4 Å². The van der Waals surface area contributed by atoms with Crippen molar-refractivity contribution in [1.82, 2.24) is 0 Å². The van der Waals surface area contributed by atoms with Crippen LogP contribution in [0.5, 0.6) is 0 Å². The van der Waals surface area contributed by atoms with Crippen LogP contribution in [0.2, 0.25) is 0 Å². The molecule has 1 saturated carbocycles. The van der Waals surface area contributed by atoms with Crippen LogP contribution in [-0.2, 0) is 0 Å². The molecule has 0 heterocycles. The highest BCUT2D eigenvalue weighted by Gasteiger charge is 2.14. The van der Waals surface area contributed by atoms with Crippen molar-refractivity contribution in [2.45, 2.75) is 38.1 Å². The molecule has 0 aliphatic heterocycles. The fourth-order valence-corrected chi connectivity index (χ4v) is 2.28. The summed E-state index contributed by atoms with van der Waals surface area (Å²) in [7, 11) is 0. The van der Waals surface area contributed by atoms with Gasteiger partial charge in [-0.15, -0.1) is 0 Å². The third kappa shape index (κ3) is 3.19. The van der Waals surface area contributed by atoms with Gasteiger partial charge in [0.25, 0.3) is 0 Å². The third-order valence-corrected chi connectivity index (χ3v) is 3.12. The Kier molecular flexibility index (Phi) is 3.61. The van der Waals surface area contributed by atoms with Gasteiger partial charge in [0.2, 0.25) is 0 Å². The van der Waals surface area contributed by atoms with Crippen LogP contribution in [0.1, 0.15) is 42.5 Å². The molecule has 17 heavy (non-hydrogen) atoms. The number of carbonyl (C=O) groups is 1. The molecule has 0 spiro atoms. The number of rotatable bonds is 3. The molecule has 1 aliphatic carbocycles. The number of anilines is 1. The molecule has 1 aromatic carbocycles. The second kappa shape index (κ2) is 5.17. The van der Waals surface area contributed by atoms with Crippen molar-refractivity contribution < 1.29 is 14.3 Å². The summed E-state index contributed by atoms with van der Waals surface area (Å²) >= 11 is 0. The van der Waals surface area contributed by atoms with E-state index in [0.29, 0.717) is 11.7 Å². The molecule has 0 unspecified atom stereocenters. The summed E-state index contributed by atoms with van der Waals surface area (Å²) in [4.78, 5) is 10.8. The van der Waals surface area contributed by atoms with E-state index in [1.165, 1.54) is 31.4 Å². The van der Waals surface area contributed by atoms with E-state index in [4.69, 9.17) is 5.11 Å². The highest BCUT2D eigenvalue weighted by Crippen LogP contribution is 2.22. The quantitative estimate of drug-likeness (QED) is 0.848. The van der Waals surface area contributed by atoms with Crippen molar-refractivity contribution >= 4 is 11.7 Å². The van der Waals surface area contributed by atoms with Gasteiger partial charge in [-0.3, -0.25) is 0 Å². The fraction of sp³-hybridized carbons (Fsp3) is 0.462. The lowest BCUT2D eigenvalue weighted by molar-refractivity contribution is 0.0696. The van der Waals surface area contributed by atoms with Gasteiger partial charge in [0.1, 0.15) is 5.82 Å². The number of hydrogen-bond donors (Lipinski definition) is 2. The van der Waals surface area contributed by atoms with E-state index in [1.807, 2.05) is 0 Å². The molecule has 0 atom stereocenters. The van der Waals surface area contributed by atoms with E-state index >= 15 is 0 Å². The van der Waals surface area contributed by atoms with Crippen LogP contribution in [0, 0.1) is 5.82 Å². The molecule has 92 valence electrons. The molecule has 0 radical (unpaired) electrons. The highest BCUT2D eigenvalue weighted by molar-refractivity contribution is 5.88. The zero-order chi connectivity index (χ0) is 12.3. The van der Waals surface area contributed by atoms with E-state index in [1.54, 1.807) is 0 Å². The van der Waals surface area contributed by atoms with Crippen LogP contribution < -0.4 is 5.32 Å². The second-order valence-electron chi connectivity index (χ2n) is 4.51. The maximum atomic E-state index is 13.2. The summed E-state index contributed by atoms with van der Waals surface area (Å²) in [5.74, 6) is -1.61. The number of halogens is 1. The minimum atomic E-state index is -1.10. The van der Waals surface area contributed by atoms with E-state index in [0.717, 1.165) is 18.9 Å². The Morgan fingerprint density at radius 1 is 1.24 bits per heavy atom. The SMILES string of the molecule is O=C(O)c1cc(F)cc(NC2CCCCC2)c1. The number of hydrogen-bond acceptors (Lipinski definition) is 2. The van der Waals surface area contributed by atoms with E-state index in [-0.39, 0.29) is 5.56 Å². The Balaban J connectivity index is 2.11. The molecule has 2 rings (SSSR count). The largest absolute Gasteiger partial charge is 0.478 e. The molecule has 0 saturated heterocycles. The van der Waals surface area contributed by atoms with Gasteiger partial charge in [-0.25, -0.2) is 9.18 Å². The van der Waals surface area contributed by atoms with Gasteiger partial charge in [0, 0.05) is 11.7 Å². The van der Waals surface area contributed by atoms with Crippen molar-refractivity contribution in [3.63, 3.8) is 0 Å². The number of carboxylic acid groups (broad SMARTS) is 1. The fourth-order valence-electron chi connectivity index (χ4n) is 2.28. The predicted octanol–water partition coefficient (Wildman–Crippen LogP) is 3.27. The van der Waals surface area contributed by atoms with E-state index < -0.39 is 11.8 Å². The number of carboxylic acids is 1. The van der Waals surface area contributed by atoms with Crippen molar-refractivity contribution in [1.29, 1.82) is 0 Å². The summed E-state index contributed by atoms with van der Waals surface area (Å²) < 4.78 is 13.2. The van der Waals surface area contributed by atoms with E-state index in [9.17, 15) is 9.18 Å². The molecule has 0 bridgehead atoms. The summed E-state index contributed by atoms with van der Waals surface area (Å²) in [5.41, 5.74) is 0.553. The van der Waals surface area contributed by atoms with Crippen LogP contribution >= 0.6 is 0 Å². The Hall–Kier alpha value is -1.58. The zero-order valence-corrected chi connectivity index (χ0v) is 9.58. The molecule has 4 heteroatoms. The maximum Gasteiger partial charge on any atom is 0.335 e. The van der Waals surface area contributed by atoms with Gasteiger partial charge in [-0.1, -0.05) is 19.3 Å². The molecule has 0 amide bonds. The van der Waals surface area contributed by atoms with Crippen molar-refractivity contribution in [3.05, 3.63) is 29.6 Å². The first kappa shape index (κ1) is 11.9. The Bertz CT molecular complexity index is 414. The van der Waals surface area contributed by atoms with Crippen molar-refractivity contribution in [3.8, 4) is 0 Å². The lowest BCUT2D eigenvalue weighted by Gasteiger charge is -2.24. The Morgan fingerprint density at radius 3 is 2.59 bits per heavy atom. The standard InChI is InChI=1S/C13H16FNO2/c14-10-6-9(13(16)17)7-12(8-10)15-11-4-2-1-3-5-11/h6-8,11,15H,1-5H2,(H,16,17). The minimum absolute atomic E-state index is 0.0108. The zero-order valence-electron chi connectivity index (χ0n) is 9.58. The van der Waals surface area contributed by atoms with E-state index in [2.05, 4.69) is 5.32 Å². The molecular formula is C13H16FNO2. The number of aromatic carboxylic acids is 1. The first-order chi connectivity index (χ1) is 8.15. The van der Waals surface area contributed by atoms with Crippen LogP contribution in [0.3, 0.4) is 0 Å². The van der Waals surface area contributed by atoms with Crippen LogP contribution in [-0.4, -0.2) is 17.1 Å². The summed E-state index contributed by atoms with van der Waals surface area (Å²) in [5, 5.41) is 12.1. The lowest BCUT2D eigenvalue weighted by Crippen LogP contribution is -2.22. The van der Waals surface area contributed by atoms with Crippen LogP contribution in [0.4, 0.5) is 10.1 Å². The molecule has 0 aromatic heterocycles. The second-order valence-corrected chi connectivity index (χ2v) is 4.51. The Morgan fingerprint density at radius 2 is 1.94 bits per heavy atom. The number of nitrogens with one attached hydrogen (secondary N) is 1. The average molecular weight is 237 g/mol. The number of benzene rings is 1. The van der Waals surface area contributed by atoms with Crippen LogP contribution in [0.15, 0.2) is 18.2 Å². The van der Waals surface area contributed by atoms with Crippen LogP contribution in [0.25, 0.3) is 0 Å². The van der Waals surface area contributed by atoms with Crippen molar-refractivity contribution in [2.24, 2.45) is 0 Å². The minimum Gasteiger partial charge on any atom is -0.478 e. The monoisotopic (exact) mass is 237 g/mol. The molecule has 1 aromatic rings. The van der Waals surface area contributed by atoms with Gasteiger partial charge in [-0.2, -0.15) is 0 Å². The molecule has 2 N–H and O–H groups in total. The molecule has 1 aliphatic rings. The van der Waals surface area contributed by atoms with Gasteiger partial charge in [0.05, 0.1) is 5.56 Å². The maximum absolute atomic E-state index is 13.2. The molecule has 1 fully saturated rings. The summed E-state index contributed by atoms with van der Waals surface area (Å²) in [6.07, 6.45) is 5.75. The summed E-state index contributed by atoms with van der Waals surface area (Å²) in [6, 6.07) is 4.21. The Labute approximate surface area is 99.7 Å². The van der Waals surface area contributed by atoms with Crippen molar-refractivity contribution in [2.75, 3.05) is 5.32 Å². The normalized spacial score (nSPS) is 16.8. The topological polar surface area (TPSA) is 49.3 Å². The molecule has 3 nitrogen and oxygen atoms in total.